The van der Waals surface area contributed by atoms with E-state index in [-0.39, 0.29) is 0 Å². The summed E-state index contributed by atoms with van der Waals surface area (Å²) < 4.78 is 2.08. The van der Waals surface area contributed by atoms with Gasteiger partial charge >= 0.3 is 0 Å². The first-order valence-electron chi connectivity index (χ1n) is 5.72. The summed E-state index contributed by atoms with van der Waals surface area (Å²) >= 11 is 1.65. The van der Waals surface area contributed by atoms with Crippen molar-refractivity contribution in [3.05, 3.63) is 52.1 Å². The van der Waals surface area contributed by atoms with Crippen molar-refractivity contribution in [3.63, 3.8) is 0 Å². The lowest BCUT2D eigenvalue weighted by Gasteiger charge is -2.04. The van der Waals surface area contributed by atoms with Gasteiger partial charge in [-0.3, -0.25) is 4.79 Å². The molecule has 0 radical (unpaired) electrons. The van der Waals surface area contributed by atoms with E-state index in [2.05, 4.69) is 9.55 Å². The predicted molar refractivity (Wildman–Crippen MR) is 73.3 cm³/mol. The van der Waals surface area contributed by atoms with Crippen molar-refractivity contribution < 1.29 is 4.79 Å². The Labute approximate surface area is 109 Å². The third-order valence-electron chi connectivity index (χ3n) is 2.92. The van der Waals surface area contributed by atoms with Crippen molar-refractivity contribution in [2.45, 2.75) is 13.5 Å². The van der Waals surface area contributed by atoms with Crippen LogP contribution in [0.25, 0.3) is 10.9 Å². The molecule has 0 aliphatic rings. The summed E-state index contributed by atoms with van der Waals surface area (Å²) in [6.07, 6.45) is 2.92. The molecule has 0 bridgehead atoms. The van der Waals surface area contributed by atoms with E-state index in [0.717, 1.165) is 33.5 Å². The molecule has 0 N–H and O–H groups in total. The average molecular weight is 256 g/mol. The van der Waals surface area contributed by atoms with Gasteiger partial charge in [0.15, 0.2) is 6.29 Å². The summed E-state index contributed by atoms with van der Waals surface area (Å²) in [5, 5.41) is 4.19. The Bertz CT molecular complexity index is 711. The Morgan fingerprint density at radius 1 is 1.39 bits per heavy atom. The number of carbonyl (C=O) groups excluding carboxylic acids is 1. The Morgan fingerprint density at radius 2 is 2.28 bits per heavy atom. The number of carbonyl (C=O) groups is 1. The highest BCUT2D eigenvalue weighted by atomic mass is 32.1. The number of aldehydes is 1. The van der Waals surface area contributed by atoms with E-state index in [1.165, 1.54) is 0 Å². The van der Waals surface area contributed by atoms with Gasteiger partial charge in [-0.15, -0.1) is 11.3 Å². The molecule has 90 valence electrons. The molecule has 2 heterocycles. The second-order valence-electron chi connectivity index (χ2n) is 4.23. The summed E-state index contributed by atoms with van der Waals surface area (Å²) in [7, 11) is 0. The standard InChI is InChI=1S/C14H12N2OS/c1-10-9-18-13(15-10)7-16-6-5-11-3-2-4-12(8-17)14(11)16/h2-6,8-9H,7H2,1H3. The number of nitrogens with zero attached hydrogens (tertiary/aromatic N) is 2. The quantitative estimate of drug-likeness (QED) is 0.674. The zero-order chi connectivity index (χ0) is 12.5. The van der Waals surface area contributed by atoms with Gasteiger partial charge in [0.1, 0.15) is 5.01 Å². The molecule has 1 aromatic carbocycles. The van der Waals surface area contributed by atoms with Gasteiger partial charge in [-0.25, -0.2) is 4.98 Å². The molecule has 4 heteroatoms. The number of thiazole rings is 1. The van der Waals surface area contributed by atoms with Crippen LogP contribution in [0.3, 0.4) is 0 Å². The van der Waals surface area contributed by atoms with E-state index in [1.54, 1.807) is 11.3 Å². The van der Waals surface area contributed by atoms with E-state index in [0.29, 0.717) is 6.54 Å². The van der Waals surface area contributed by atoms with Crippen molar-refractivity contribution in [1.82, 2.24) is 9.55 Å². The fourth-order valence-electron chi connectivity index (χ4n) is 2.14. The molecular weight excluding hydrogens is 244 g/mol. The molecule has 0 atom stereocenters. The van der Waals surface area contributed by atoms with Crippen LogP contribution in [0.4, 0.5) is 0 Å². The fourth-order valence-corrected chi connectivity index (χ4v) is 2.91. The molecule has 0 fully saturated rings. The van der Waals surface area contributed by atoms with Gasteiger partial charge in [0.2, 0.25) is 0 Å². The van der Waals surface area contributed by atoms with Crippen LogP contribution in [0.5, 0.6) is 0 Å². The van der Waals surface area contributed by atoms with Crippen molar-refractivity contribution in [1.29, 1.82) is 0 Å². The molecule has 3 rings (SSSR count). The molecule has 0 unspecified atom stereocenters. The normalized spacial score (nSPS) is 10.9. The minimum Gasteiger partial charge on any atom is -0.340 e. The first-order valence-corrected chi connectivity index (χ1v) is 6.60. The number of para-hydroxylation sites is 1. The van der Waals surface area contributed by atoms with Crippen molar-refractivity contribution in [2.24, 2.45) is 0 Å². The summed E-state index contributed by atoms with van der Waals surface area (Å²) in [5.74, 6) is 0. The minimum atomic E-state index is 0.715. The lowest BCUT2D eigenvalue weighted by Crippen LogP contribution is -1.99. The molecule has 0 aliphatic heterocycles. The first-order chi connectivity index (χ1) is 8.78. The first kappa shape index (κ1) is 11.2. The van der Waals surface area contributed by atoms with Crippen LogP contribution >= 0.6 is 11.3 Å². The zero-order valence-electron chi connectivity index (χ0n) is 9.96. The van der Waals surface area contributed by atoms with Gasteiger partial charge in [-0.1, -0.05) is 12.1 Å². The maximum atomic E-state index is 11.1. The van der Waals surface area contributed by atoms with Gasteiger partial charge < -0.3 is 4.57 Å². The molecule has 0 saturated heterocycles. The highest BCUT2D eigenvalue weighted by molar-refractivity contribution is 7.09. The van der Waals surface area contributed by atoms with Crippen molar-refractivity contribution in [3.8, 4) is 0 Å². The molecule has 3 aromatic rings. The van der Waals surface area contributed by atoms with E-state index in [9.17, 15) is 4.79 Å². The monoisotopic (exact) mass is 256 g/mol. The summed E-state index contributed by atoms with van der Waals surface area (Å²) in [6.45, 7) is 2.71. The number of aryl methyl sites for hydroxylation is 1. The molecule has 0 amide bonds. The molecule has 3 nitrogen and oxygen atoms in total. The van der Waals surface area contributed by atoms with Crippen LogP contribution in [0.2, 0.25) is 0 Å². The highest BCUT2D eigenvalue weighted by Crippen LogP contribution is 2.21. The number of aromatic nitrogens is 2. The molecule has 18 heavy (non-hydrogen) atoms. The van der Waals surface area contributed by atoms with E-state index in [4.69, 9.17) is 0 Å². The highest BCUT2D eigenvalue weighted by Gasteiger charge is 2.07. The van der Waals surface area contributed by atoms with Crippen LogP contribution < -0.4 is 0 Å². The molecule has 0 spiro atoms. The molecule has 0 aliphatic carbocycles. The maximum absolute atomic E-state index is 11.1. The molecular formula is C14H12N2OS. The molecule has 0 saturated carbocycles. The Morgan fingerprint density at radius 3 is 3.00 bits per heavy atom. The second kappa shape index (κ2) is 4.38. The summed E-state index contributed by atoms with van der Waals surface area (Å²) in [5.41, 5.74) is 2.76. The van der Waals surface area contributed by atoms with Crippen LogP contribution in [0, 0.1) is 6.92 Å². The van der Waals surface area contributed by atoms with Crippen LogP contribution in [0.15, 0.2) is 35.8 Å². The van der Waals surface area contributed by atoms with E-state index < -0.39 is 0 Å². The van der Waals surface area contributed by atoms with Crippen LogP contribution in [-0.4, -0.2) is 15.8 Å². The van der Waals surface area contributed by atoms with Gasteiger partial charge in [0.05, 0.1) is 12.1 Å². The maximum Gasteiger partial charge on any atom is 0.152 e. The van der Waals surface area contributed by atoms with Gasteiger partial charge in [0.25, 0.3) is 0 Å². The Hall–Kier alpha value is -1.94. The largest absolute Gasteiger partial charge is 0.340 e. The lowest BCUT2D eigenvalue weighted by atomic mass is 10.1. The third-order valence-corrected chi connectivity index (χ3v) is 3.87. The van der Waals surface area contributed by atoms with Crippen LogP contribution in [0.1, 0.15) is 21.1 Å². The second-order valence-corrected chi connectivity index (χ2v) is 5.17. The van der Waals surface area contributed by atoms with E-state index >= 15 is 0 Å². The number of hydrogen-bond acceptors (Lipinski definition) is 3. The lowest BCUT2D eigenvalue weighted by molar-refractivity contribution is 0.112. The topological polar surface area (TPSA) is 34.9 Å². The zero-order valence-corrected chi connectivity index (χ0v) is 10.8. The minimum absolute atomic E-state index is 0.715. The predicted octanol–water partition coefficient (Wildman–Crippen LogP) is 3.27. The third kappa shape index (κ3) is 1.84. The Kier molecular flexibility index (Phi) is 2.72. The van der Waals surface area contributed by atoms with E-state index in [1.807, 2.05) is 42.8 Å². The van der Waals surface area contributed by atoms with Crippen LogP contribution in [-0.2, 0) is 6.54 Å². The van der Waals surface area contributed by atoms with Gasteiger partial charge in [0, 0.05) is 28.2 Å². The van der Waals surface area contributed by atoms with Crippen molar-refractivity contribution >= 4 is 28.5 Å². The SMILES string of the molecule is Cc1csc(Cn2ccc3cccc(C=O)c32)n1. The number of benzene rings is 1. The number of rotatable bonds is 3. The molecule has 2 aromatic heterocycles. The Balaban J connectivity index is 2.09. The summed E-state index contributed by atoms with van der Waals surface area (Å²) in [6, 6.07) is 7.80. The average Bonchev–Trinajstić information content (AvgIpc) is 2.97. The number of hydrogen-bond donors (Lipinski definition) is 0. The van der Waals surface area contributed by atoms with Gasteiger partial charge in [-0.2, -0.15) is 0 Å². The van der Waals surface area contributed by atoms with Gasteiger partial charge in [-0.05, 0) is 19.1 Å². The fraction of sp³-hybridized carbons (Fsp3) is 0.143. The number of fused-ring (bicyclic) bond motifs is 1. The van der Waals surface area contributed by atoms with Crippen molar-refractivity contribution in [2.75, 3.05) is 0 Å². The summed E-state index contributed by atoms with van der Waals surface area (Å²) in [4.78, 5) is 15.6. The smallest absolute Gasteiger partial charge is 0.152 e.